The summed E-state index contributed by atoms with van der Waals surface area (Å²) >= 11 is 0. The minimum atomic E-state index is -0.931. The van der Waals surface area contributed by atoms with Crippen molar-refractivity contribution < 1.29 is 19.5 Å². The van der Waals surface area contributed by atoms with Gasteiger partial charge in [0.1, 0.15) is 0 Å². The number of amides is 3. The molecule has 0 radical (unpaired) electrons. The Morgan fingerprint density at radius 3 is 2.48 bits per heavy atom. The zero-order chi connectivity index (χ0) is 15.8. The van der Waals surface area contributed by atoms with Crippen molar-refractivity contribution in [1.29, 1.82) is 0 Å². The van der Waals surface area contributed by atoms with Crippen molar-refractivity contribution in [3.63, 3.8) is 0 Å². The van der Waals surface area contributed by atoms with E-state index in [4.69, 9.17) is 5.11 Å². The molecule has 0 spiro atoms. The summed E-state index contributed by atoms with van der Waals surface area (Å²) in [5.74, 6) is -0.881. The summed E-state index contributed by atoms with van der Waals surface area (Å²) in [5, 5.41) is 11.1. The van der Waals surface area contributed by atoms with Gasteiger partial charge in [-0.1, -0.05) is 0 Å². The molecule has 0 unspecified atom stereocenters. The molecule has 1 heterocycles. The third-order valence-electron chi connectivity index (χ3n) is 3.35. The molecule has 0 bridgehead atoms. The molecule has 3 amide bonds. The van der Waals surface area contributed by atoms with E-state index >= 15 is 0 Å². The van der Waals surface area contributed by atoms with Crippen LogP contribution in [0.5, 0.6) is 0 Å². The number of hydrogen-bond acceptors (Lipinski definition) is 4. The molecule has 0 aromatic rings. The lowest BCUT2D eigenvalue weighted by Gasteiger charge is -2.22. The lowest BCUT2D eigenvalue weighted by atomic mass is 10.3. The second-order valence-electron chi connectivity index (χ2n) is 5.28. The number of carboxylic acids is 1. The van der Waals surface area contributed by atoms with Crippen LogP contribution in [0.2, 0.25) is 0 Å². The Bertz CT molecular complexity index is 386. The van der Waals surface area contributed by atoms with Crippen LogP contribution in [0.4, 0.5) is 4.79 Å². The fourth-order valence-corrected chi connectivity index (χ4v) is 2.05. The highest BCUT2D eigenvalue weighted by Crippen LogP contribution is 2.04. The third kappa shape index (κ3) is 6.44. The molecule has 21 heavy (non-hydrogen) atoms. The summed E-state index contributed by atoms with van der Waals surface area (Å²) in [6.07, 6.45) is 0.718. The van der Waals surface area contributed by atoms with E-state index in [-0.39, 0.29) is 24.9 Å². The number of urea groups is 1. The van der Waals surface area contributed by atoms with E-state index in [1.807, 2.05) is 4.90 Å². The monoisotopic (exact) mass is 300 g/mol. The maximum absolute atomic E-state index is 11.9. The lowest BCUT2D eigenvalue weighted by Crippen LogP contribution is -2.43. The summed E-state index contributed by atoms with van der Waals surface area (Å²) in [6.45, 7) is 3.07. The fourth-order valence-electron chi connectivity index (χ4n) is 2.05. The SMILES string of the molecule is CN(C)C(=O)CN1CCCN(C(=O)NCCC(=O)O)CC1. The Morgan fingerprint density at radius 2 is 1.86 bits per heavy atom. The van der Waals surface area contributed by atoms with Gasteiger partial charge in [-0.05, 0) is 6.42 Å². The molecule has 0 aliphatic carbocycles. The molecule has 0 aromatic carbocycles. The van der Waals surface area contributed by atoms with Crippen molar-refractivity contribution in [3.05, 3.63) is 0 Å². The number of aliphatic carboxylic acids is 1. The van der Waals surface area contributed by atoms with Crippen molar-refractivity contribution in [2.75, 3.05) is 53.4 Å². The molecular formula is C13H24N4O4. The molecule has 120 valence electrons. The van der Waals surface area contributed by atoms with Gasteiger partial charge in [0.05, 0.1) is 13.0 Å². The number of nitrogens with one attached hydrogen (secondary N) is 1. The van der Waals surface area contributed by atoms with Gasteiger partial charge >= 0.3 is 12.0 Å². The van der Waals surface area contributed by atoms with Gasteiger partial charge < -0.3 is 20.2 Å². The highest BCUT2D eigenvalue weighted by Gasteiger charge is 2.20. The van der Waals surface area contributed by atoms with E-state index in [0.717, 1.165) is 13.0 Å². The second kappa shape index (κ2) is 8.46. The van der Waals surface area contributed by atoms with Gasteiger partial charge in [0.25, 0.3) is 0 Å². The standard InChI is InChI=1S/C13H24N4O4/c1-15(2)11(18)10-16-6-3-7-17(9-8-16)13(21)14-5-4-12(19)20/h3-10H2,1-2H3,(H,14,21)(H,19,20). The number of carboxylic acid groups (broad SMARTS) is 1. The maximum atomic E-state index is 11.9. The Hall–Kier alpha value is -1.83. The Balaban J connectivity index is 2.36. The largest absolute Gasteiger partial charge is 0.481 e. The first-order valence-electron chi connectivity index (χ1n) is 7.07. The highest BCUT2D eigenvalue weighted by molar-refractivity contribution is 5.77. The van der Waals surface area contributed by atoms with Gasteiger partial charge in [-0.15, -0.1) is 0 Å². The summed E-state index contributed by atoms with van der Waals surface area (Å²) < 4.78 is 0. The van der Waals surface area contributed by atoms with Crippen molar-refractivity contribution in [1.82, 2.24) is 20.0 Å². The predicted octanol–water partition coefficient (Wildman–Crippen LogP) is -0.733. The molecule has 8 heteroatoms. The molecule has 0 atom stereocenters. The summed E-state index contributed by atoms with van der Waals surface area (Å²) in [7, 11) is 3.45. The number of nitrogens with zero attached hydrogens (tertiary/aromatic N) is 3. The topological polar surface area (TPSA) is 93.2 Å². The van der Waals surface area contributed by atoms with Crippen LogP contribution in [-0.4, -0.2) is 91.1 Å². The normalized spacial score (nSPS) is 16.2. The molecule has 1 fully saturated rings. The highest BCUT2D eigenvalue weighted by atomic mass is 16.4. The summed E-state index contributed by atoms with van der Waals surface area (Å²) in [4.78, 5) is 39.2. The van der Waals surface area contributed by atoms with E-state index in [9.17, 15) is 14.4 Å². The van der Waals surface area contributed by atoms with Crippen LogP contribution < -0.4 is 5.32 Å². The van der Waals surface area contributed by atoms with E-state index in [1.54, 1.807) is 23.9 Å². The number of rotatable bonds is 5. The minimum absolute atomic E-state index is 0.0503. The van der Waals surface area contributed by atoms with Crippen LogP contribution in [0.3, 0.4) is 0 Å². The summed E-state index contributed by atoms with van der Waals surface area (Å²) in [5.41, 5.74) is 0. The second-order valence-corrected chi connectivity index (χ2v) is 5.28. The van der Waals surface area contributed by atoms with Crippen molar-refractivity contribution in [2.24, 2.45) is 0 Å². The fraction of sp³-hybridized carbons (Fsp3) is 0.769. The van der Waals surface area contributed by atoms with E-state index in [1.165, 1.54) is 0 Å². The Kier molecular flexibility index (Phi) is 6.93. The Morgan fingerprint density at radius 1 is 1.14 bits per heavy atom. The zero-order valence-electron chi connectivity index (χ0n) is 12.7. The first-order valence-corrected chi connectivity index (χ1v) is 7.07. The molecular weight excluding hydrogens is 276 g/mol. The molecule has 1 aliphatic heterocycles. The third-order valence-corrected chi connectivity index (χ3v) is 3.35. The van der Waals surface area contributed by atoms with Gasteiger partial charge in [-0.3, -0.25) is 14.5 Å². The number of carbonyl (C=O) groups is 3. The van der Waals surface area contributed by atoms with Crippen molar-refractivity contribution in [3.8, 4) is 0 Å². The van der Waals surface area contributed by atoms with Crippen LogP contribution >= 0.6 is 0 Å². The smallest absolute Gasteiger partial charge is 0.317 e. The zero-order valence-corrected chi connectivity index (χ0v) is 12.7. The van der Waals surface area contributed by atoms with Crippen LogP contribution in [0.25, 0.3) is 0 Å². The first-order chi connectivity index (χ1) is 9.90. The van der Waals surface area contributed by atoms with Crippen molar-refractivity contribution >= 4 is 17.9 Å². The lowest BCUT2D eigenvalue weighted by molar-refractivity contribution is -0.136. The number of carbonyl (C=O) groups excluding carboxylic acids is 2. The number of hydrogen-bond donors (Lipinski definition) is 2. The number of likely N-dealkylation sites (N-methyl/N-ethyl adjacent to an activating group) is 1. The predicted molar refractivity (Wildman–Crippen MR) is 77.0 cm³/mol. The molecule has 8 nitrogen and oxygen atoms in total. The van der Waals surface area contributed by atoms with Gasteiger partial charge in [-0.2, -0.15) is 0 Å². The van der Waals surface area contributed by atoms with Crippen molar-refractivity contribution in [2.45, 2.75) is 12.8 Å². The first kappa shape index (κ1) is 17.2. The Labute approximate surface area is 124 Å². The van der Waals surface area contributed by atoms with E-state index in [0.29, 0.717) is 26.2 Å². The van der Waals surface area contributed by atoms with Gasteiger partial charge in [-0.25, -0.2) is 4.79 Å². The maximum Gasteiger partial charge on any atom is 0.317 e. The van der Waals surface area contributed by atoms with Crippen LogP contribution in [0.15, 0.2) is 0 Å². The molecule has 1 rings (SSSR count). The van der Waals surface area contributed by atoms with E-state index in [2.05, 4.69) is 5.32 Å². The van der Waals surface area contributed by atoms with Gasteiger partial charge in [0.2, 0.25) is 5.91 Å². The minimum Gasteiger partial charge on any atom is -0.481 e. The van der Waals surface area contributed by atoms with Crippen LogP contribution in [0, 0.1) is 0 Å². The van der Waals surface area contributed by atoms with Gasteiger partial charge in [0, 0.05) is 46.8 Å². The van der Waals surface area contributed by atoms with Crippen LogP contribution in [-0.2, 0) is 9.59 Å². The molecule has 1 aliphatic rings. The van der Waals surface area contributed by atoms with E-state index < -0.39 is 5.97 Å². The molecule has 1 saturated heterocycles. The summed E-state index contributed by atoms with van der Waals surface area (Å²) in [6, 6.07) is -0.239. The van der Waals surface area contributed by atoms with Crippen LogP contribution in [0.1, 0.15) is 12.8 Å². The average molecular weight is 300 g/mol. The molecule has 0 aromatic heterocycles. The average Bonchev–Trinajstić information content (AvgIpc) is 2.63. The molecule has 0 saturated carbocycles. The molecule has 2 N–H and O–H groups in total. The quantitative estimate of drug-likeness (QED) is 0.698. The van der Waals surface area contributed by atoms with Gasteiger partial charge in [0.15, 0.2) is 0 Å².